The summed E-state index contributed by atoms with van der Waals surface area (Å²) in [5, 5.41) is 0.963. The lowest BCUT2D eigenvalue weighted by molar-refractivity contribution is -0.158. The molecule has 1 spiro atoms. The van der Waals surface area contributed by atoms with Gasteiger partial charge in [-0.25, -0.2) is 9.78 Å². The van der Waals surface area contributed by atoms with E-state index in [0.717, 1.165) is 32.1 Å². The van der Waals surface area contributed by atoms with Gasteiger partial charge in [-0.1, -0.05) is 18.2 Å². The Kier molecular flexibility index (Phi) is 3.73. The fourth-order valence-corrected chi connectivity index (χ4v) is 4.45. The first-order valence-electron chi connectivity index (χ1n) is 9.08. The lowest BCUT2D eigenvalue weighted by atomic mass is 9.69. The number of barbiturate groups is 1. The second kappa shape index (κ2) is 5.77. The van der Waals surface area contributed by atoms with Gasteiger partial charge in [0.2, 0.25) is 11.8 Å². The Balaban J connectivity index is 1.95. The number of amides is 4. The summed E-state index contributed by atoms with van der Waals surface area (Å²) in [5.74, 6) is -0.0853. The Morgan fingerprint density at radius 3 is 2.37 bits per heavy atom. The van der Waals surface area contributed by atoms with E-state index in [-0.39, 0.29) is 6.42 Å². The molecule has 0 radical (unpaired) electrons. The van der Waals surface area contributed by atoms with Crippen LogP contribution in [-0.2, 0) is 16.0 Å². The number of benzene rings is 1. The molecule has 1 fully saturated rings. The third-order valence-electron chi connectivity index (χ3n) is 5.99. The average molecular weight is 366 g/mol. The molecule has 2 aliphatic heterocycles. The molecule has 2 aromatic rings. The van der Waals surface area contributed by atoms with Gasteiger partial charge in [-0.3, -0.25) is 19.4 Å². The van der Waals surface area contributed by atoms with Crippen LogP contribution in [0.5, 0.6) is 0 Å². The maximum atomic E-state index is 13.2. The molecule has 1 atom stereocenters. The monoisotopic (exact) mass is 366 g/mol. The summed E-state index contributed by atoms with van der Waals surface area (Å²) in [6, 6.07) is 8.80. The van der Waals surface area contributed by atoms with E-state index in [1.165, 1.54) is 14.1 Å². The molecule has 4 amide bonds. The fraction of sp³-hybridized carbons (Fsp3) is 0.400. The average Bonchev–Trinajstić information content (AvgIpc) is 2.68. The van der Waals surface area contributed by atoms with Crippen LogP contribution in [0.3, 0.4) is 0 Å². The molecule has 7 nitrogen and oxygen atoms in total. The van der Waals surface area contributed by atoms with Crippen LogP contribution in [0.2, 0.25) is 0 Å². The minimum Gasteiger partial charge on any atom is -0.352 e. The lowest BCUT2D eigenvalue weighted by Gasteiger charge is -2.51. The number of fused-ring (bicyclic) bond motifs is 2. The summed E-state index contributed by atoms with van der Waals surface area (Å²) >= 11 is 0. The number of hydrogen-bond acceptors (Lipinski definition) is 5. The predicted octanol–water partition coefficient (Wildman–Crippen LogP) is 2.04. The van der Waals surface area contributed by atoms with Crippen LogP contribution < -0.4 is 4.90 Å². The van der Waals surface area contributed by atoms with Crippen molar-refractivity contribution < 1.29 is 14.4 Å². The van der Waals surface area contributed by atoms with Crippen LogP contribution in [-0.4, -0.2) is 59.3 Å². The lowest BCUT2D eigenvalue weighted by Crippen LogP contribution is -2.70. The van der Waals surface area contributed by atoms with Crippen molar-refractivity contribution in [2.75, 3.05) is 25.5 Å². The third kappa shape index (κ3) is 2.14. The van der Waals surface area contributed by atoms with Gasteiger partial charge in [-0.15, -0.1) is 0 Å². The van der Waals surface area contributed by atoms with E-state index in [0.29, 0.717) is 6.54 Å². The van der Waals surface area contributed by atoms with Crippen molar-refractivity contribution in [2.24, 2.45) is 5.41 Å². The highest BCUT2D eigenvalue weighted by molar-refractivity contribution is 6.20. The molecule has 0 unspecified atom stereocenters. The van der Waals surface area contributed by atoms with Gasteiger partial charge in [0.15, 0.2) is 5.41 Å². The normalized spacial score (nSPS) is 22.0. The second-order valence-electron chi connectivity index (χ2n) is 7.28. The first kappa shape index (κ1) is 17.5. The topological polar surface area (TPSA) is 73.8 Å². The zero-order chi connectivity index (χ0) is 19.5. The van der Waals surface area contributed by atoms with Gasteiger partial charge in [0, 0.05) is 32.4 Å². The standard InChI is InChI=1S/C20H22N4O3/c1-5-24-12(2)20(17(25)22(3)19(27)23(4)18(20)26)11-14-10-13-8-6-7-9-15(13)21-16(14)24/h6-10,12H,5,11H2,1-4H3/t12-/m0/s1. The number of carbonyl (C=O) groups is 3. The zero-order valence-corrected chi connectivity index (χ0v) is 15.9. The van der Waals surface area contributed by atoms with Crippen molar-refractivity contribution in [3.05, 3.63) is 35.9 Å². The number of para-hydroxylation sites is 1. The Morgan fingerprint density at radius 2 is 1.74 bits per heavy atom. The van der Waals surface area contributed by atoms with E-state index in [2.05, 4.69) is 0 Å². The Bertz CT molecular complexity index is 962. The second-order valence-corrected chi connectivity index (χ2v) is 7.28. The summed E-state index contributed by atoms with van der Waals surface area (Å²) in [7, 11) is 2.87. The largest absolute Gasteiger partial charge is 0.352 e. The molecular formula is C20H22N4O3. The van der Waals surface area contributed by atoms with Gasteiger partial charge >= 0.3 is 6.03 Å². The molecule has 0 bridgehead atoms. The molecule has 1 saturated heterocycles. The van der Waals surface area contributed by atoms with Crippen LogP contribution >= 0.6 is 0 Å². The molecule has 1 aromatic carbocycles. The molecule has 1 aromatic heterocycles. The molecule has 140 valence electrons. The minimum atomic E-state index is -1.33. The van der Waals surface area contributed by atoms with Crippen LogP contribution in [0.1, 0.15) is 19.4 Å². The Morgan fingerprint density at radius 1 is 1.11 bits per heavy atom. The summed E-state index contributed by atoms with van der Waals surface area (Å²) < 4.78 is 0. The van der Waals surface area contributed by atoms with E-state index in [1.807, 2.05) is 49.1 Å². The quantitative estimate of drug-likeness (QED) is 0.722. The molecule has 27 heavy (non-hydrogen) atoms. The van der Waals surface area contributed by atoms with Crippen molar-refractivity contribution in [1.29, 1.82) is 0 Å². The molecule has 0 aliphatic carbocycles. The third-order valence-corrected chi connectivity index (χ3v) is 5.99. The number of anilines is 1. The molecule has 3 heterocycles. The number of hydrogen-bond donors (Lipinski definition) is 0. The van der Waals surface area contributed by atoms with E-state index in [9.17, 15) is 14.4 Å². The smallest absolute Gasteiger partial charge is 0.332 e. The maximum Gasteiger partial charge on any atom is 0.332 e. The first-order valence-corrected chi connectivity index (χ1v) is 9.08. The van der Waals surface area contributed by atoms with E-state index >= 15 is 0 Å². The van der Waals surface area contributed by atoms with Crippen LogP contribution in [0.4, 0.5) is 10.6 Å². The number of carbonyl (C=O) groups excluding carboxylic acids is 3. The highest BCUT2D eigenvalue weighted by Gasteiger charge is 2.61. The van der Waals surface area contributed by atoms with Crippen LogP contribution in [0.25, 0.3) is 10.9 Å². The number of rotatable bonds is 1. The summed E-state index contributed by atoms with van der Waals surface area (Å²) in [6.45, 7) is 4.45. The van der Waals surface area contributed by atoms with Gasteiger partial charge in [-0.05, 0) is 31.5 Å². The van der Waals surface area contributed by atoms with Gasteiger partial charge in [0.1, 0.15) is 5.82 Å². The number of nitrogens with zero attached hydrogens (tertiary/aromatic N) is 4. The fourth-order valence-electron chi connectivity index (χ4n) is 4.45. The molecule has 2 aliphatic rings. The molecular weight excluding hydrogens is 344 g/mol. The first-order chi connectivity index (χ1) is 12.8. The maximum absolute atomic E-state index is 13.2. The van der Waals surface area contributed by atoms with Gasteiger partial charge in [-0.2, -0.15) is 0 Å². The van der Waals surface area contributed by atoms with E-state index in [4.69, 9.17) is 4.98 Å². The van der Waals surface area contributed by atoms with E-state index < -0.39 is 29.3 Å². The van der Waals surface area contributed by atoms with Crippen molar-refractivity contribution in [2.45, 2.75) is 26.3 Å². The number of urea groups is 1. The summed E-state index contributed by atoms with van der Waals surface area (Å²) in [4.78, 5) is 47.6. The van der Waals surface area contributed by atoms with Crippen LogP contribution in [0.15, 0.2) is 30.3 Å². The zero-order valence-electron chi connectivity index (χ0n) is 15.9. The van der Waals surface area contributed by atoms with Gasteiger partial charge in [0.25, 0.3) is 0 Å². The molecule has 4 rings (SSSR count). The predicted molar refractivity (Wildman–Crippen MR) is 101 cm³/mol. The summed E-state index contributed by atoms with van der Waals surface area (Å²) in [5.41, 5.74) is 0.403. The van der Waals surface area contributed by atoms with Crippen molar-refractivity contribution in [3.63, 3.8) is 0 Å². The van der Waals surface area contributed by atoms with Crippen molar-refractivity contribution >= 4 is 34.6 Å². The minimum absolute atomic E-state index is 0.234. The Hall–Kier alpha value is -2.96. The molecule has 0 saturated carbocycles. The Labute approximate surface area is 157 Å². The van der Waals surface area contributed by atoms with E-state index in [1.54, 1.807) is 0 Å². The van der Waals surface area contributed by atoms with Crippen molar-refractivity contribution in [3.8, 4) is 0 Å². The number of imide groups is 2. The number of pyridine rings is 1. The highest BCUT2D eigenvalue weighted by atomic mass is 16.2. The molecule has 7 heteroatoms. The van der Waals surface area contributed by atoms with Gasteiger partial charge < -0.3 is 4.90 Å². The van der Waals surface area contributed by atoms with Crippen LogP contribution in [0, 0.1) is 5.41 Å². The van der Waals surface area contributed by atoms with Gasteiger partial charge in [0.05, 0.1) is 11.6 Å². The SMILES string of the molecule is CCN1c2nc3ccccc3cc2CC2(C(=O)N(C)C(=O)N(C)C2=O)[C@@H]1C. The number of aromatic nitrogens is 1. The molecule has 0 N–H and O–H groups in total. The highest BCUT2D eigenvalue weighted by Crippen LogP contribution is 2.45. The van der Waals surface area contributed by atoms with Crippen molar-refractivity contribution in [1.82, 2.24) is 14.8 Å². The summed E-state index contributed by atoms with van der Waals surface area (Å²) in [6.07, 6.45) is 0.234.